The molecule has 0 aliphatic rings. The molecule has 2 rings (SSSR count). The van der Waals surface area contributed by atoms with Crippen LogP contribution in [-0.2, 0) is 11.2 Å². The highest BCUT2D eigenvalue weighted by molar-refractivity contribution is 6.31. The topological polar surface area (TPSA) is 38.3 Å². The van der Waals surface area contributed by atoms with Gasteiger partial charge in [0.1, 0.15) is 5.82 Å². The minimum absolute atomic E-state index is 0.0179. The van der Waals surface area contributed by atoms with Crippen molar-refractivity contribution in [3.8, 4) is 5.75 Å². The minimum atomic E-state index is -0.563. The SMILES string of the molecule is COc1ccc(CC(=O)Nc2ccc(F)c(Cl)c2)cc1F. The van der Waals surface area contributed by atoms with Crippen molar-refractivity contribution in [3.05, 3.63) is 58.6 Å². The summed E-state index contributed by atoms with van der Waals surface area (Å²) in [5.41, 5.74) is 0.874. The fourth-order valence-electron chi connectivity index (χ4n) is 1.78. The largest absolute Gasteiger partial charge is 0.494 e. The lowest BCUT2D eigenvalue weighted by molar-refractivity contribution is -0.115. The summed E-state index contributed by atoms with van der Waals surface area (Å²) in [6.45, 7) is 0. The molecule has 0 heterocycles. The molecule has 2 aromatic rings. The number of hydrogen-bond acceptors (Lipinski definition) is 2. The first-order chi connectivity index (χ1) is 9.99. The maximum atomic E-state index is 13.5. The van der Waals surface area contributed by atoms with Crippen LogP contribution in [0.25, 0.3) is 0 Å². The number of anilines is 1. The Bertz CT molecular complexity index is 677. The minimum Gasteiger partial charge on any atom is -0.494 e. The second-order valence-corrected chi connectivity index (χ2v) is 4.73. The third kappa shape index (κ3) is 3.92. The Morgan fingerprint density at radius 2 is 1.95 bits per heavy atom. The van der Waals surface area contributed by atoms with E-state index in [2.05, 4.69) is 5.32 Å². The lowest BCUT2D eigenvalue weighted by Crippen LogP contribution is -2.14. The number of rotatable bonds is 4. The molecule has 0 fully saturated rings. The Labute approximate surface area is 125 Å². The van der Waals surface area contributed by atoms with Gasteiger partial charge in [-0.1, -0.05) is 17.7 Å². The van der Waals surface area contributed by atoms with E-state index in [-0.39, 0.29) is 23.1 Å². The van der Waals surface area contributed by atoms with Gasteiger partial charge < -0.3 is 10.1 Å². The predicted octanol–water partition coefficient (Wildman–Crippen LogP) is 3.81. The van der Waals surface area contributed by atoms with Gasteiger partial charge in [-0.15, -0.1) is 0 Å². The van der Waals surface area contributed by atoms with Gasteiger partial charge in [-0.25, -0.2) is 8.78 Å². The third-order valence-electron chi connectivity index (χ3n) is 2.78. The Morgan fingerprint density at radius 3 is 2.57 bits per heavy atom. The predicted molar refractivity (Wildman–Crippen MR) is 76.7 cm³/mol. The first-order valence-electron chi connectivity index (χ1n) is 6.07. The van der Waals surface area contributed by atoms with Crippen LogP contribution in [0.15, 0.2) is 36.4 Å². The van der Waals surface area contributed by atoms with E-state index >= 15 is 0 Å². The molecular formula is C15H12ClF2NO2. The molecule has 0 unspecified atom stereocenters. The van der Waals surface area contributed by atoms with Crippen molar-refractivity contribution in [2.45, 2.75) is 6.42 Å². The van der Waals surface area contributed by atoms with E-state index in [0.29, 0.717) is 11.3 Å². The third-order valence-corrected chi connectivity index (χ3v) is 3.07. The second-order valence-electron chi connectivity index (χ2n) is 4.32. The highest BCUT2D eigenvalue weighted by Crippen LogP contribution is 2.20. The van der Waals surface area contributed by atoms with E-state index in [1.54, 1.807) is 6.07 Å². The van der Waals surface area contributed by atoms with Crippen LogP contribution >= 0.6 is 11.6 Å². The van der Waals surface area contributed by atoms with E-state index in [9.17, 15) is 13.6 Å². The molecule has 0 saturated heterocycles. The lowest BCUT2D eigenvalue weighted by atomic mass is 10.1. The zero-order valence-electron chi connectivity index (χ0n) is 11.1. The van der Waals surface area contributed by atoms with Crippen LogP contribution in [-0.4, -0.2) is 13.0 Å². The molecule has 0 bridgehead atoms. The smallest absolute Gasteiger partial charge is 0.228 e. The normalized spacial score (nSPS) is 10.3. The Hall–Kier alpha value is -2.14. The number of hydrogen-bond donors (Lipinski definition) is 1. The van der Waals surface area contributed by atoms with Crippen LogP contribution in [0.3, 0.4) is 0 Å². The molecule has 0 atom stereocenters. The van der Waals surface area contributed by atoms with Gasteiger partial charge in [0, 0.05) is 5.69 Å². The quantitative estimate of drug-likeness (QED) is 0.932. The van der Waals surface area contributed by atoms with Crippen LogP contribution < -0.4 is 10.1 Å². The summed E-state index contributed by atoms with van der Waals surface area (Å²) in [5, 5.41) is 2.48. The maximum absolute atomic E-state index is 13.5. The summed E-state index contributed by atoms with van der Waals surface area (Å²) in [5.74, 6) is -1.34. The Morgan fingerprint density at radius 1 is 1.19 bits per heavy atom. The molecular weight excluding hydrogens is 300 g/mol. The summed E-state index contributed by atoms with van der Waals surface area (Å²) in [6, 6.07) is 8.14. The second kappa shape index (κ2) is 6.54. The van der Waals surface area contributed by atoms with Crippen LogP contribution in [0.1, 0.15) is 5.56 Å². The number of carbonyl (C=O) groups excluding carboxylic acids is 1. The number of ether oxygens (including phenoxy) is 1. The van der Waals surface area contributed by atoms with Gasteiger partial charge in [-0.2, -0.15) is 0 Å². The number of carbonyl (C=O) groups is 1. The fraction of sp³-hybridized carbons (Fsp3) is 0.133. The van der Waals surface area contributed by atoms with Gasteiger partial charge in [-0.3, -0.25) is 4.79 Å². The number of amides is 1. The number of halogens is 3. The van der Waals surface area contributed by atoms with Gasteiger partial charge in [0.05, 0.1) is 18.6 Å². The van der Waals surface area contributed by atoms with E-state index in [0.717, 1.165) is 6.07 Å². The van der Waals surface area contributed by atoms with E-state index in [1.807, 2.05) is 0 Å². The summed E-state index contributed by atoms with van der Waals surface area (Å²) < 4.78 is 31.3. The number of methoxy groups -OCH3 is 1. The van der Waals surface area contributed by atoms with Crippen molar-refractivity contribution in [2.75, 3.05) is 12.4 Å². The van der Waals surface area contributed by atoms with Crippen LogP contribution in [0.5, 0.6) is 5.75 Å². The highest BCUT2D eigenvalue weighted by atomic mass is 35.5. The number of benzene rings is 2. The van der Waals surface area contributed by atoms with Gasteiger partial charge in [0.2, 0.25) is 5.91 Å². The molecule has 0 aromatic heterocycles. The van der Waals surface area contributed by atoms with Crippen molar-refractivity contribution in [1.82, 2.24) is 0 Å². The fourth-order valence-corrected chi connectivity index (χ4v) is 1.96. The molecule has 1 N–H and O–H groups in total. The molecule has 6 heteroatoms. The van der Waals surface area contributed by atoms with Gasteiger partial charge in [0.25, 0.3) is 0 Å². The molecule has 3 nitrogen and oxygen atoms in total. The van der Waals surface area contributed by atoms with E-state index < -0.39 is 11.6 Å². The van der Waals surface area contributed by atoms with Crippen molar-refractivity contribution in [1.29, 1.82) is 0 Å². The van der Waals surface area contributed by atoms with Gasteiger partial charge in [-0.05, 0) is 35.9 Å². The van der Waals surface area contributed by atoms with E-state index in [4.69, 9.17) is 16.3 Å². The van der Waals surface area contributed by atoms with Crippen LogP contribution in [0.4, 0.5) is 14.5 Å². The molecule has 0 radical (unpaired) electrons. The maximum Gasteiger partial charge on any atom is 0.228 e. The van der Waals surface area contributed by atoms with Gasteiger partial charge in [0.15, 0.2) is 11.6 Å². The molecule has 0 aliphatic heterocycles. The first-order valence-corrected chi connectivity index (χ1v) is 6.44. The number of nitrogens with one attached hydrogen (secondary N) is 1. The standard InChI is InChI=1S/C15H12ClF2NO2/c1-21-14-5-2-9(6-13(14)18)7-15(20)19-10-3-4-12(17)11(16)8-10/h2-6,8H,7H2,1H3,(H,19,20). The Balaban J connectivity index is 2.04. The van der Waals surface area contributed by atoms with Crippen molar-refractivity contribution >= 4 is 23.2 Å². The molecule has 2 aromatic carbocycles. The average Bonchev–Trinajstić information content (AvgIpc) is 2.43. The molecule has 0 aliphatic carbocycles. The van der Waals surface area contributed by atoms with Crippen molar-refractivity contribution in [3.63, 3.8) is 0 Å². The summed E-state index contributed by atoms with van der Waals surface area (Å²) in [4.78, 5) is 11.8. The van der Waals surface area contributed by atoms with Crippen LogP contribution in [0.2, 0.25) is 5.02 Å². The van der Waals surface area contributed by atoms with Crippen molar-refractivity contribution < 1.29 is 18.3 Å². The zero-order valence-corrected chi connectivity index (χ0v) is 11.9. The molecule has 1 amide bonds. The van der Waals surface area contributed by atoms with E-state index in [1.165, 1.54) is 31.4 Å². The Kier molecular flexibility index (Phi) is 4.75. The molecule has 0 saturated carbocycles. The van der Waals surface area contributed by atoms with Gasteiger partial charge >= 0.3 is 0 Å². The average molecular weight is 312 g/mol. The summed E-state index contributed by atoms with van der Waals surface area (Å²) in [7, 11) is 1.36. The molecule has 21 heavy (non-hydrogen) atoms. The van der Waals surface area contributed by atoms with Crippen LogP contribution in [0, 0.1) is 11.6 Å². The first kappa shape index (κ1) is 15.3. The molecule has 0 spiro atoms. The van der Waals surface area contributed by atoms with Crippen molar-refractivity contribution in [2.24, 2.45) is 0 Å². The monoisotopic (exact) mass is 311 g/mol. The highest BCUT2D eigenvalue weighted by Gasteiger charge is 2.09. The zero-order chi connectivity index (χ0) is 15.4. The molecule has 110 valence electrons. The summed E-state index contributed by atoms with van der Waals surface area (Å²) in [6.07, 6.45) is -0.0179. The lowest BCUT2D eigenvalue weighted by Gasteiger charge is -2.07. The summed E-state index contributed by atoms with van der Waals surface area (Å²) >= 11 is 5.62.